The molecule has 0 nitrogen and oxygen atoms in total. The van der Waals surface area contributed by atoms with Gasteiger partial charge in [0.2, 0.25) is 0 Å². The smallest absolute Gasteiger partial charge is 0.0108 e. The molecule has 2 aromatic rings. The van der Waals surface area contributed by atoms with Crippen molar-refractivity contribution < 1.29 is 0 Å². The van der Waals surface area contributed by atoms with E-state index in [1.165, 1.54) is 57.4 Å². The van der Waals surface area contributed by atoms with Crippen molar-refractivity contribution in [1.82, 2.24) is 0 Å². The van der Waals surface area contributed by atoms with E-state index in [1.54, 1.807) is 0 Å². The third kappa shape index (κ3) is 18.9. The fraction of sp³-hybridized carbons (Fsp3) is 0.412. The number of allylic oxidation sites excluding steroid dienone is 8. The largest absolute Gasteiger partial charge is 0.0775 e. The summed E-state index contributed by atoms with van der Waals surface area (Å²) in [5.74, 6) is 0. The number of hydrogen-bond donors (Lipinski definition) is 0. The normalized spacial score (nSPS) is 12.6. The maximum Gasteiger partial charge on any atom is -0.0108 e. The summed E-state index contributed by atoms with van der Waals surface area (Å²) < 4.78 is 0. The van der Waals surface area contributed by atoms with E-state index < -0.39 is 0 Å². The zero-order valence-corrected chi connectivity index (χ0v) is 24.3. The van der Waals surface area contributed by atoms with Gasteiger partial charge in [0.15, 0.2) is 0 Å². The number of aryl methyl sites for hydroxylation is 4. The van der Waals surface area contributed by atoms with Crippen LogP contribution >= 0.6 is 0 Å². The van der Waals surface area contributed by atoms with Crippen LogP contribution in [0.2, 0.25) is 0 Å². The number of rotatable bonds is 0. The molecule has 0 aromatic heterocycles. The summed E-state index contributed by atoms with van der Waals surface area (Å²) >= 11 is 0. The van der Waals surface area contributed by atoms with Gasteiger partial charge in [-0.1, -0.05) is 145 Å². The first-order valence-corrected chi connectivity index (χ1v) is 12.9. The first-order valence-electron chi connectivity index (χ1n) is 12.9. The second-order valence-corrected chi connectivity index (χ2v) is 8.66. The molecule has 2 aromatic carbocycles. The minimum atomic E-state index is 1.17. The van der Waals surface area contributed by atoms with Crippen LogP contribution < -0.4 is 0 Å². The van der Waals surface area contributed by atoms with Gasteiger partial charge in [-0.15, -0.1) is 0 Å². The molecule has 4 rings (SSSR count). The van der Waals surface area contributed by atoms with Crippen LogP contribution in [-0.2, 0) is 0 Å². The fourth-order valence-electron chi connectivity index (χ4n) is 3.28. The highest BCUT2D eigenvalue weighted by Gasteiger charge is 1.96. The van der Waals surface area contributed by atoms with Crippen molar-refractivity contribution in [3.63, 3.8) is 0 Å². The molecule has 188 valence electrons. The van der Waals surface area contributed by atoms with Gasteiger partial charge < -0.3 is 0 Å². The first-order chi connectivity index (χ1) is 16.2. The van der Waals surface area contributed by atoms with Gasteiger partial charge >= 0.3 is 0 Å². The van der Waals surface area contributed by atoms with E-state index in [2.05, 4.69) is 128 Å². The van der Waals surface area contributed by atoms with Crippen LogP contribution in [0.15, 0.2) is 95.1 Å². The van der Waals surface area contributed by atoms with Crippen molar-refractivity contribution in [2.45, 2.75) is 95.9 Å². The molecule has 2 aliphatic carbocycles. The minimum absolute atomic E-state index is 1.17. The maximum atomic E-state index is 2.25. The van der Waals surface area contributed by atoms with Crippen LogP contribution in [-0.4, -0.2) is 0 Å². The summed E-state index contributed by atoms with van der Waals surface area (Å²) in [5.41, 5.74) is 11.2. The topological polar surface area (TPSA) is 0 Å². The second kappa shape index (κ2) is 21.0. The van der Waals surface area contributed by atoms with Crippen LogP contribution in [0.3, 0.4) is 0 Å². The molecule has 0 N–H and O–H groups in total. The van der Waals surface area contributed by atoms with Crippen LogP contribution in [0.4, 0.5) is 0 Å². The van der Waals surface area contributed by atoms with E-state index in [-0.39, 0.29) is 0 Å². The summed E-state index contributed by atoms with van der Waals surface area (Å²) in [6.45, 7) is 25.0. The van der Waals surface area contributed by atoms with Gasteiger partial charge in [-0.05, 0) is 68.2 Å². The zero-order chi connectivity index (χ0) is 26.5. The van der Waals surface area contributed by atoms with Crippen LogP contribution in [0, 0.1) is 27.7 Å². The Hall–Kier alpha value is -2.60. The van der Waals surface area contributed by atoms with Crippen molar-refractivity contribution in [2.75, 3.05) is 0 Å². The summed E-state index contributed by atoms with van der Waals surface area (Å²) in [5, 5.41) is 0. The van der Waals surface area contributed by atoms with Crippen LogP contribution in [0.1, 0.15) is 90.5 Å². The molecule has 0 aliphatic heterocycles. The molecular formula is C34H52. The first kappa shape index (κ1) is 33.6. The third-order valence-electron chi connectivity index (χ3n) is 4.78. The molecule has 0 saturated carbocycles. The predicted octanol–water partition coefficient (Wildman–Crippen LogP) is 11.2. The lowest BCUT2D eigenvalue weighted by Gasteiger charge is -1.90. The zero-order valence-electron chi connectivity index (χ0n) is 24.3. The lowest BCUT2D eigenvalue weighted by atomic mass is 10.2. The Balaban J connectivity index is 0. The van der Waals surface area contributed by atoms with Crippen molar-refractivity contribution in [3.05, 3.63) is 117 Å². The summed E-state index contributed by atoms with van der Waals surface area (Å²) in [4.78, 5) is 0. The monoisotopic (exact) mass is 460 g/mol. The Labute approximate surface area is 213 Å². The van der Waals surface area contributed by atoms with E-state index in [4.69, 9.17) is 0 Å². The Kier molecular flexibility index (Phi) is 20.7. The molecule has 0 amide bonds. The molecule has 0 radical (unpaired) electrons. The summed E-state index contributed by atoms with van der Waals surface area (Å²) in [7, 11) is 0. The van der Waals surface area contributed by atoms with Crippen LogP contribution in [0.25, 0.3) is 0 Å². The number of benzene rings is 2. The van der Waals surface area contributed by atoms with E-state index in [1.807, 2.05) is 27.7 Å². The lowest BCUT2D eigenvalue weighted by molar-refractivity contribution is 1.15. The van der Waals surface area contributed by atoms with Gasteiger partial charge in [0, 0.05) is 0 Å². The highest BCUT2D eigenvalue weighted by Crippen LogP contribution is 2.16. The average Bonchev–Trinajstić information content (AvgIpc) is 3.37. The Morgan fingerprint density at radius 3 is 0.971 bits per heavy atom. The molecular weight excluding hydrogens is 408 g/mol. The Morgan fingerprint density at radius 2 is 0.853 bits per heavy atom. The molecule has 0 heteroatoms. The van der Waals surface area contributed by atoms with Gasteiger partial charge in [0.05, 0.1) is 0 Å². The van der Waals surface area contributed by atoms with Gasteiger partial charge in [0.25, 0.3) is 0 Å². The third-order valence-corrected chi connectivity index (χ3v) is 4.78. The molecule has 34 heavy (non-hydrogen) atoms. The SMILES string of the molecule is CC.CC.CC1=CC=C(C)C1.CC1=CCC(C)=C1.Cc1cccc(C)c1.Cc1cccc(C)c1. The lowest BCUT2D eigenvalue weighted by Crippen LogP contribution is -1.71. The van der Waals surface area contributed by atoms with E-state index >= 15 is 0 Å². The molecule has 0 unspecified atom stereocenters. The molecule has 0 spiro atoms. The maximum absolute atomic E-state index is 2.25. The molecule has 0 saturated heterocycles. The van der Waals surface area contributed by atoms with Crippen molar-refractivity contribution in [3.8, 4) is 0 Å². The highest BCUT2D eigenvalue weighted by molar-refractivity contribution is 5.29. The van der Waals surface area contributed by atoms with Gasteiger partial charge in [0.1, 0.15) is 0 Å². The van der Waals surface area contributed by atoms with Crippen molar-refractivity contribution >= 4 is 0 Å². The number of hydrogen-bond acceptors (Lipinski definition) is 0. The average molecular weight is 461 g/mol. The highest BCUT2D eigenvalue weighted by atomic mass is 14.0. The summed E-state index contributed by atoms with van der Waals surface area (Å²) in [6, 6.07) is 16.9. The molecule has 0 fully saturated rings. The molecule has 0 heterocycles. The van der Waals surface area contributed by atoms with Gasteiger partial charge in [-0.2, -0.15) is 0 Å². The molecule has 0 atom stereocenters. The predicted molar refractivity (Wildman–Crippen MR) is 159 cm³/mol. The molecule has 0 bridgehead atoms. The van der Waals surface area contributed by atoms with E-state index in [0.29, 0.717) is 0 Å². The standard InChI is InChI=1S/2C8H10.2C7H10.2C2H6/c2*1-7-4-3-5-8(2)6-7;2*1-6-3-4-7(2)5-6;2*1-2/h2*3-6H,1-2H3;3,5H,4H2,1-2H3;3-4H,5H2,1-2H3;2*1-2H3. The van der Waals surface area contributed by atoms with Gasteiger partial charge in [-0.25, -0.2) is 0 Å². The second-order valence-electron chi connectivity index (χ2n) is 8.66. The molecule has 2 aliphatic rings. The minimum Gasteiger partial charge on any atom is -0.0775 e. The Morgan fingerprint density at radius 1 is 0.500 bits per heavy atom. The van der Waals surface area contributed by atoms with E-state index in [0.717, 1.165) is 0 Å². The summed E-state index contributed by atoms with van der Waals surface area (Å²) in [6.07, 6.45) is 11.2. The van der Waals surface area contributed by atoms with Crippen LogP contribution in [0.5, 0.6) is 0 Å². The fourth-order valence-corrected chi connectivity index (χ4v) is 3.28. The Bertz CT molecular complexity index is 823. The quantitative estimate of drug-likeness (QED) is 0.366. The van der Waals surface area contributed by atoms with Crippen molar-refractivity contribution in [2.24, 2.45) is 0 Å². The van der Waals surface area contributed by atoms with E-state index in [9.17, 15) is 0 Å². The van der Waals surface area contributed by atoms with Gasteiger partial charge in [-0.3, -0.25) is 0 Å². The van der Waals surface area contributed by atoms with Crippen molar-refractivity contribution in [1.29, 1.82) is 0 Å².